The van der Waals surface area contributed by atoms with Gasteiger partial charge in [-0.2, -0.15) is 5.26 Å². The second-order valence-electron chi connectivity index (χ2n) is 13.9. The average molecular weight is 639 g/mol. The van der Waals surface area contributed by atoms with Gasteiger partial charge in [-0.3, -0.25) is 9.69 Å². The third-order valence-electron chi connectivity index (χ3n) is 9.35. The molecule has 10 nitrogen and oxygen atoms in total. The first-order valence-electron chi connectivity index (χ1n) is 16.9. The van der Waals surface area contributed by atoms with E-state index in [0.717, 1.165) is 86.8 Å². The number of ether oxygens (including phenoxy) is 1. The summed E-state index contributed by atoms with van der Waals surface area (Å²) < 4.78 is 11.4. The highest BCUT2D eigenvalue weighted by Gasteiger charge is 2.27. The molecule has 0 atom stereocenters. The molecule has 248 valence electrons. The molecule has 2 aromatic heterocycles. The molecule has 2 aliphatic rings. The fraction of sp³-hybridized carbons (Fsp3) is 0.486. The molecule has 0 saturated carbocycles. The monoisotopic (exact) mass is 638 g/mol. The number of nitriles is 1. The molecule has 2 amide bonds. The van der Waals surface area contributed by atoms with Crippen LogP contribution in [-0.4, -0.2) is 84.7 Å². The van der Waals surface area contributed by atoms with Crippen molar-refractivity contribution in [3.63, 3.8) is 0 Å². The fourth-order valence-electron chi connectivity index (χ4n) is 6.64. The van der Waals surface area contributed by atoms with Crippen molar-refractivity contribution in [2.24, 2.45) is 5.92 Å². The minimum atomic E-state index is -0.503. The smallest absolute Gasteiger partial charge is 0.410 e. The summed E-state index contributed by atoms with van der Waals surface area (Å²) in [6, 6.07) is 16.1. The predicted octanol–water partition coefficient (Wildman–Crippen LogP) is 6.31. The van der Waals surface area contributed by atoms with Crippen LogP contribution in [0.25, 0.3) is 21.9 Å². The summed E-state index contributed by atoms with van der Waals surface area (Å²) in [6.07, 6.45) is 6.73. The first-order valence-corrected chi connectivity index (χ1v) is 16.9. The van der Waals surface area contributed by atoms with Crippen molar-refractivity contribution in [2.75, 3.05) is 57.3 Å². The summed E-state index contributed by atoms with van der Waals surface area (Å²) in [5.41, 5.74) is 4.44. The van der Waals surface area contributed by atoms with Gasteiger partial charge in [0.05, 0.1) is 11.6 Å². The molecule has 47 heavy (non-hydrogen) atoms. The van der Waals surface area contributed by atoms with Crippen LogP contribution in [-0.2, 0) is 11.2 Å². The summed E-state index contributed by atoms with van der Waals surface area (Å²) in [6.45, 7) is 12.5. The van der Waals surface area contributed by atoms with Crippen molar-refractivity contribution in [3.05, 3.63) is 65.5 Å². The molecule has 10 heteroatoms. The number of likely N-dealkylation sites (tertiary alicyclic amines) is 1. The van der Waals surface area contributed by atoms with Crippen LogP contribution in [0.15, 0.2) is 53.1 Å². The van der Waals surface area contributed by atoms with E-state index in [-0.39, 0.29) is 12.0 Å². The van der Waals surface area contributed by atoms with Crippen molar-refractivity contribution in [1.29, 1.82) is 5.26 Å². The molecule has 4 heterocycles. The topological polar surface area (TPSA) is 118 Å². The Kier molecular flexibility index (Phi) is 9.73. The van der Waals surface area contributed by atoms with Crippen LogP contribution in [0.1, 0.15) is 68.1 Å². The van der Waals surface area contributed by atoms with Crippen molar-refractivity contribution in [2.45, 2.75) is 58.5 Å². The van der Waals surface area contributed by atoms with Crippen molar-refractivity contribution in [1.82, 2.24) is 20.1 Å². The number of aryl methyl sites for hydroxylation is 1. The Morgan fingerprint density at radius 3 is 2.55 bits per heavy atom. The highest BCUT2D eigenvalue weighted by Crippen LogP contribution is 2.27. The zero-order valence-corrected chi connectivity index (χ0v) is 27.8. The van der Waals surface area contributed by atoms with Crippen molar-refractivity contribution >= 4 is 39.6 Å². The third kappa shape index (κ3) is 8.09. The Morgan fingerprint density at radius 2 is 1.81 bits per heavy atom. The number of anilines is 1. The summed E-state index contributed by atoms with van der Waals surface area (Å²) in [5.74, 6) is 0.430. The van der Waals surface area contributed by atoms with Gasteiger partial charge < -0.3 is 29.3 Å². The molecule has 6 rings (SSSR count). The standard InChI is InChI=1S/C37H46N6O4/c1-37(2,3)47-36(45)43-14-11-26(12-15-43)24-40-35(44)34-22-29-21-30(8-10-33(29)46-34)42-18-16-41(17-19-42)13-5-4-6-28-25-39-32-9-7-27(23-38)20-31(28)32/h7-10,20-22,25-26,39H,4-6,11-19,24H2,1-3H3,(H,40,44). The Labute approximate surface area is 276 Å². The van der Waals surface area contributed by atoms with Gasteiger partial charge in [-0.05, 0) is 113 Å². The number of nitrogens with one attached hydrogen (secondary N) is 2. The second kappa shape index (κ2) is 14.1. The number of furan rings is 1. The van der Waals surface area contributed by atoms with E-state index in [1.165, 1.54) is 5.56 Å². The van der Waals surface area contributed by atoms with E-state index in [2.05, 4.69) is 44.5 Å². The lowest BCUT2D eigenvalue weighted by molar-refractivity contribution is 0.0183. The lowest BCUT2D eigenvalue weighted by Crippen LogP contribution is -2.46. The molecule has 0 unspecified atom stereocenters. The summed E-state index contributed by atoms with van der Waals surface area (Å²) in [5, 5.41) is 14.4. The number of rotatable bonds is 9. The number of aromatic nitrogens is 1. The Balaban J connectivity index is 0.927. The second-order valence-corrected chi connectivity index (χ2v) is 13.9. The molecule has 2 N–H and O–H groups in total. The molecule has 2 aromatic carbocycles. The Morgan fingerprint density at radius 1 is 1.02 bits per heavy atom. The predicted molar refractivity (Wildman–Crippen MR) is 184 cm³/mol. The Hall–Kier alpha value is -4.49. The average Bonchev–Trinajstić information content (AvgIpc) is 3.69. The molecule has 0 radical (unpaired) electrons. The molecule has 0 bridgehead atoms. The van der Waals surface area contributed by atoms with E-state index in [1.807, 2.05) is 51.1 Å². The van der Waals surface area contributed by atoms with Crippen LogP contribution >= 0.6 is 0 Å². The van der Waals surface area contributed by atoms with Gasteiger partial charge in [-0.15, -0.1) is 0 Å². The number of aromatic amines is 1. The van der Waals surface area contributed by atoms with E-state index in [1.54, 1.807) is 4.90 Å². The number of H-pyrrole nitrogens is 1. The SMILES string of the molecule is CC(C)(C)OC(=O)N1CCC(CNC(=O)c2cc3cc(N4CCN(CCCCc5c[nH]c6ccc(C#N)cc56)CC4)ccc3o2)CC1. The van der Waals surface area contributed by atoms with E-state index < -0.39 is 5.60 Å². The molecule has 4 aromatic rings. The van der Waals surface area contributed by atoms with Gasteiger partial charge in [-0.25, -0.2) is 4.79 Å². The van der Waals surface area contributed by atoms with E-state index in [9.17, 15) is 14.9 Å². The zero-order chi connectivity index (χ0) is 33.0. The normalized spacial score (nSPS) is 16.5. The number of carbonyl (C=O) groups is 2. The van der Waals surface area contributed by atoms with Gasteiger partial charge >= 0.3 is 6.09 Å². The highest BCUT2D eigenvalue weighted by atomic mass is 16.6. The number of hydrogen-bond acceptors (Lipinski definition) is 7. The number of fused-ring (bicyclic) bond motifs is 2. The quantitative estimate of drug-likeness (QED) is 0.206. The highest BCUT2D eigenvalue weighted by molar-refractivity contribution is 5.96. The molecule has 0 aliphatic carbocycles. The van der Waals surface area contributed by atoms with Crippen molar-refractivity contribution in [3.8, 4) is 6.07 Å². The van der Waals surface area contributed by atoms with Gasteiger partial charge in [-0.1, -0.05) is 0 Å². The van der Waals surface area contributed by atoms with Crippen LogP contribution in [0.3, 0.4) is 0 Å². The fourth-order valence-corrected chi connectivity index (χ4v) is 6.64. The minimum absolute atomic E-state index is 0.206. The van der Waals surface area contributed by atoms with Crippen LogP contribution in [0, 0.1) is 17.2 Å². The Bertz CT molecular complexity index is 1750. The number of nitrogens with zero attached hydrogens (tertiary/aromatic N) is 4. The van der Waals surface area contributed by atoms with Crippen LogP contribution in [0.4, 0.5) is 10.5 Å². The van der Waals surface area contributed by atoms with E-state index in [4.69, 9.17) is 9.15 Å². The number of hydrogen-bond donors (Lipinski definition) is 2. The maximum absolute atomic E-state index is 12.9. The van der Waals surface area contributed by atoms with Crippen LogP contribution in [0.2, 0.25) is 0 Å². The van der Waals surface area contributed by atoms with Crippen LogP contribution in [0.5, 0.6) is 0 Å². The number of piperidine rings is 1. The van der Waals surface area contributed by atoms with Crippen molar-refractivity contribution < 1.29 is 18.7 Å². The summed E-state index contributed by atoms with van der Waals surface area (Å²) >= 11 is 0. The van der Waals surface area contributed by atoms with Gasteiger partial charge in [0.25, 0.3) is 5.91 Å². The third-order valence-corrected chi connectivity index (χ3v) is 9.35. The lowest BCUT2D eigenvalue weighted by atomic mass is 9.97. The number of amides is 2. The number of unbranched alkanes of at least 4 members (excludes halogenated alkanes) is 1. The molecule has 2 saturated heterocycles. The van der Waals surface area contributed by atoms with Gasteiger partial charge in [0.2, 0.25) is 0 Å². The number of benzene rings is 2. The van der Waals surface area contributed by atoms with Gasteiger partial charge in [0.15, 0.2) is 5.76 Å². The summed E-state index contributed by atoms with van der Waals surface area (Å²) in [4.78, 5) is 35.3. The molecular formula is C37H46N6O4. The molecule has 0 spiro atoms. The first-order chi connectivity index (χ1) is 22.6. The molecule has 2 fully saturated rings. The zero-order valence-electron chi connectivity index (χ0n) is 27.8. The molecule has 2 aliphatic heterocycles. The summed E-state index contributed by atoms with van der Waals surface area (Å²) in [7, 11) is 0. The maximum Gasteiger partial charge on any atom is 0.410 e. The maximum atomic E-state index is 12.9. The van der Waals surface area contributed by atoms with E-state index >= 15 is 0 Å². The molecular weight excluding hydrogens is 592 g/mol. The largest absolute Gasteiger partial charge is 0.451 e. The number of piperazine rings is 1. The van der Waals surface area contributed by atoms with E-state index in [0.29, 0.717) is 42.5 Å². The number of carbonyl (C=O) groups excluding carboxylic acids is 2. The van der Waals surface area contributed by atoms with Crippen LogP contribution < -0.4 is 10.2 Å². The lowest BCUT2D eigenvalue weighted by Gasteiger charge is -2.36. The first kappa shape index (κ1) is 32.5. The minimum Gasteiger partial charge on any atom is -0.451 e. The van der Waals surface area contributed by atoms with Gasteiger partial charge in [0, 0.05) is 74.0 Å². The van der Waals surface area contributed by atoms with Gasteiger partial charge in [0.1, 0.15) is 11.2 Å².